The molecule has 0 aliphatic heterocycles. The largest absolute Gasteiger partial charge is 0.389 e. The highest BCUT2D eigenvalue weighted by Crippen LogP contribution is 2.23. The highest BCUT2D eigenvalue weighted by Gasteiger charge is 2.07. The van der Waals surface area contributed by atoms with Crippen LogP contribution in [0.15, 0.2) is 34.9 Å². The van der Waals surface area contributed by atoms with Crippen LogP contribution in [-0.4, -0.2) is 15.2 Å². The van der Waals surface area contributed by atoms with Crippen LogP contribution in [0.1, 0.15) is 11.1 Å². The number of nitrogens with two attached hydrogens (primary N) is 1. The second kappa shape index (κ2) is 5.41. The molecule has 0 amide bonds. The van der Waals surface area contributed by atoms with Crippen LogP contribution in [0.25, 0.3) is 0 Å². The zero-order valence-electron chi connectivity index (χ0n) is 9.64. The molecule has 92 valence electrons. The molecule has 0 aliphatic rings. The third-order valence-corrected chi connectivity index (χ3v) is 2.97. The number of nitrogens with one attached hydrogen (secondary N) is 1. The number of aryl methyl sites for hydroxylation is 1. The number of hydrogen-bond acceptors (Lipinski definition) is 4. The zero-order valence-corrected chi connectivity index (χ0v) is 12.0. The first-order valence-electron chi connectivity index (χ1n) is 5.22. The number of thiocarbonyl (C=S) groups is 1. The minimum Gasteiger partial charge on any atom is -0.389 e. The van der Waals surface area contributed by atoms with Crippen molar-refractivity contribution in [2.24, 2.45) is 5.73 Å². The van der Waals surface area contributed by atoms with E-state index in [0.717, 1.165) is 15.7 Å². The van der Waals surface area contributed by atoms with Crippen molar-refractivity contribution in [2.45, 2.75) is 6.92 Å². The van der Waals surface area contributed by atoms with E-state index in [1.54, 1.807) is 12.3 Å². The topological polar surface area (TPSA) is 63.8 Å². The number of aromatic nitrogens is 2. The van der Waals surface area contributed by atoms with Crippen molar-refractivity contribution in [3.05, 3.63) is 46.1 Å². The quantitative estimate of drug-likeness (QED) is 0.851. The molecule has 0 fully saturated rings. The molecular weight excluding hydrogens is 312 g/mol. The molecule has 0 unspecified atom stereocenters. The Hall–Kier alpha value is -1.53. The summed E-state index contributed by atoms with van der Waals surface area (Å²) in [6.45, 7) is 2.01. The lowest BCUT2D eigenvalue weighted by Gasteiger charge is -2.10. The molecule has 0 aliphatic carbocycles. The van der Waals surface area contributed by atoms with Gasteiger partial charge in [0.1, 0.15) is 4.99 Å². The van der Waals surface area contributed by atoms with Gasteiger partial charge in [0.25, 0.3) is 0 Å². The summed E-state index contributed by atoms with van der Waals surface area (Å²) in [5.41, 5.74) is 8.36. The van der Waals surface area contributed by atoms with Crippen LogP contribution in [0.4, 0.5) is 11.5 Å². The number of anilines is 2. The van der Waals surface area contributed by atoms with Crippen molar-refractivity contribution < 1.29 is 0 Å². The van der Waals surface area contributed by atoms with E-state index >= 15 is 0 Å². The molecule has 2 aromatic rings. The van der Waals surface area contributed by atoms with E-state index in [4.69, 9.17) is 18.0 Å². The Kier molecular flexibility index (Phi) is 3.88. The smallest absolute Gasteiger partial charge is 0.163 e. The van der Waals surface area contributed by atoms with Crippen molar-refractivity contribution >= 4 is 44.6 Å². The third-order valence-electron chi connectivity index (χ3n) is 2.29. The molecule has 1 aromatic heterocycles. The SMILES string of the molecule is Cc1cc(Br)cc(Nc2nnccc2C(N)=S)c1. The average molecular weight is 323 g/mol. The maximum absolute atomic E-state index is 5.64. The molecule has 0 bridgehead atoms. The molecule has 1 heterocycles. The molecule has 0 saturated heterocycles. The molecule has 3 N–H and O–H groups in total. The minimum absolute atomic E-state index is 0.291. The van der Waals surface area contributed by atoms with Crippen LogP contribution in [0.2, 0.25) is 0 Å². The monoisotopic (exact) mass is 322 g/mol. The normalized spacial score (nSPS) is 10.1. The van der Waals surface area contributed by atoms with Gasteiger partial charge in [-0.1, -0.05) is 28.1 Å². The van der Waals surface area contributed by atoms with E-state index in [-0.39, 0.29) is 0 Å². The Morgan fingerprint density at radius 2 is 2.17 bits per heavy atom. The molecule has 0 spiro atoms. The molecule has 18 heavy (non-hydrogen) atoms. The number of benzene rings is 1. The molecule has 0 atom stereocenters. The molecular formula is C12H11BrN4S. The Balaban J connectivity index is 2.37. The molecule has 1 aromatic carbocycles. The highest BCUT2D eigenvalue weighted by molar-refractivity contribution is 9.10. The predicted molar refractivity (Wildman–Crippen MR) is 80.1 cm³/mol. The van der Waals surface area contributed by atoms with Gasteiger partial charge in [-0.05, 0) is 36.8 Å². The number of rotatable bonds is 3. The van der Waals surface area contributed by atoms with Crippen molar-refractivity contribution in [3.63, 3.8) is 0 Å². The van der Waals surface area contributed by atoms with Gasteiger partial charge in [-0.15, -0.1) is 5.10 Å². The number of halogens is 1. The summed E-state index contributed by atoms with van der Waals surface area (Å²) in [5, 5.41) is 11.0. The Bertz CT molecular complexity index is 580. The number of hydrogen-bond donors (Lipinski definition) is 2. The first-order valence-corrected chi connectivity index (χ1v) is 6.42. The van der Waals surface area contributed by atoms with Gasteiger partial charge in [0.2, 0.25) is 0 Å². The van der Waals surface area contributed by atoms with Crippen LogP contribution in [0.3, 0.4) is 0 Å². The number of nitrogens with zero attached hydrogens (tertiary/aromatic N) is 2. The Morgan fingerprint density at radius 1 is 1.39 bits per heavy atom. The summed E-state index contributed by atoms with van der Waals surface area (Å²) in [6, 6.07) is 7.71. The van der Waals surface area contributed by atoms with Crippen molar-refractivity contribution in [1.29, 1.82) is 0 Å². The maximum Gasteiger partial charge on any atom is 0.163 e. The second-order valence-corrected chi connectivity index (χ2v) is 5.16. The summed E-state index contributed by atoms with van der Waals surface area (Å²) < 4.78 is 0.991. The van der Waals surface area contributed by atoms with Gasteiger partial charge >= 0.3 is 0 Å². The van der Waals surface area contributed by atoms with Gasteiger partial charge in [0, 0.05) is 10.2 Å². The fraction of sp³-hybridized carbons (Fsp3) is 0.0833. The van der Waals surface area contributed by atoms with E-state index < -0.39 is 0 Å². The molecule has 2 rings (SSSR count). The van der Waals surface area contributed by atoms with E-state index in [0.29, 0.717) is 16.4 Å². The molecule has 0 radical (unpaired) electrons. The highest BCUT2D eigenvalue weighted by atomic mass is 79.9. The van der Waals surface area contributed by atoms with Gasteiger partial charge in [0.15, 0.2) is 5.82 Å². The van der Waals surface area contributed by atoms with Crippen LogP contribution < -0.4 is 11.1 Å². The van der Waals surface area contributed by atoms with E-state index in [9.17, 15) is 0 Å². The second-order valence-electron chi connectivity index (χ2n) is 3.80. The van der Waals surface area contributed by atoms with Gasteiger partial charge in [-0.3, -0.25) is 0 Å². The molecule has 0 saturated carbocycles. The van der Waals surface area contributed by atoms with Gasteiger partial charge < -0.3 is 11.1 Å². The minimum atomic E-state index is 0.291. The maximum atomic E-state index is 5.64. The first-order chi connectivity index (χ1) is 8.56. The lowest BCUT2D eigenvalue weighted by molar-refractivity contribution is 1.03. The van der Waals surface area contributed by atoms with Gasteiger partial charge in [0.05, 0.1) is 11.8 Å². The molecule has 6 heteroatoms. The van der Waals surface area contributed by atoms with E-state index in [1.165, 1.54) is 0 Å². The summed E-state index contributed by atoms with van der Waals surface area (Å²) in [6.07, 6.45) is 1.56. The Labute approximate surface area is 119 Å². The standard InChI is InChI=1S/C12H11BrN4S/c1-7-4-8(13)6-9(5-7)16-12-10(11(14)18)2-3-15-17-12/h2-6H,1H3,(H2,14,18)(H,16,17). The lowest BCUT2D eigenvalue weighted by Crippen LogP contribution is -2.13. The van der Waals surface area contributed by atoms with Crippen molar-refractivity contribution in [2.75, 3.05) is 5.32 Å². The fourth-order valence-electron chi connectivity index (χ4n) is 1.57. The lowest BCUT2D eigenvalue weighted by atomic mass is 10.2. The third kappa shape index (κ3) is 3.02. The summed E-state index contributed by atoms with van der Waals surface area (Å²) in [5.74, 6) is 0.558. The summed E-state index contributed by atoms with van der Waals surface area (Å²) in [4.78, 5) is 0.291. The van der Waals surface area contributed by atoms with E-state index in [1.807, 2.05) is 25.1 Å². The van der Waals surface area contributed by atoms with Crippen LogP contribution in [-0.2, 0) is 0 Å². The van der Waals surface area contributed by atoms with Crippen LogP contribution in [0, 0.1) is 6.92 Å². The summed E-state index contributed by atoms with van der Waals surface area (Å²) >= 11 is 8.43. The molecule has 4 nitrogen and oxygen atoms in total. The fourth-order valence-corrected chi connectivity index (χ4v) is 2.34. The summed E-state index contributed by atoms with van der Waals surface area (Å²) in [7, 11) is 0. The average Bonchev–Trinajstić information content (AvgIpc) is 2.27. The van der Waals surface area contributed by atoms with E-state index in [2.05, 4.69) is 31.4 Å². The van der Waals surface area contributed by atoms with Crippen molar-refractivity contribution in [1.82, 2.24) is 10.2 Å². The predicted octanol–water partition coefficient (Wildman–Crippen LogP) is 2.93. The van der Waals surface area contributed by atoms with Gasteiger partial charge in [-0.25, -0.2) is 0 Å². The first kappa shape index (κ1) is 12.9. The van der Waals surface area contributed by atoms with Crippen molar-refractivity contribution in [3.8, 4) is 0 Å². The van der Waals surface area contributed by atoms with Crippen LogP contribution in [0.5, 0.6) is 0 Å². The van der Waals surface area contributed by atoms with Crippen LogP contribution >= 0.6 is 28.1 Å². The Morgan fingerprint density at radius 3 is 2.83 bits per heavy atom. The van der Waals surface area contributed by atoms with Gasteiger partial charge in [-0.2, -0.15) is 5.10 Å². The zero-order chi connectivity index (χ0) is 13.1.